The Bertz CT molecular complexity index is 563. The average molecular weight is 384 g/mol. The lowest BCUT2D eigenvalue weighted by molar-refractivity contribution is -0.126. The molecule has 0 spiro atoms. The summed E-state index contributed by atoms with van der Waals surface area (Å²) in [7, 11) is 2.15. The van der Waals surface area contributed by atoms with Gasteiger partial charge in [-0.2, -0.15) is 0 Å². The van der Waals surface area contributed by atoms with Crippen LogP contribution < -0.4 is 15.4 Å². The molecular weight excluding hydrogens is 354 g/mol. The molecule has 0 atom stereocenters. The zero-order valence-corrected chi connectivity index (χ0v) is 16.2. The van der Waals surface area contributed by atoms with Crippen LogP contribution in [0, 0.1) is 5.92 Å². The Kier molecular flexibility index (Phi) is 8.65. The van der Waals surface area contributed by atoms with Crippen LogP contribution >= 0.6 is 12.4 Å². The van der Waals surface area contributed by atoms with E-state index in [1.165, 1.54) is 0 Å². The Morgan fingerprint density at radius 3 is 2.81 bits per heavy atom. The fourth-order valence-electron chi connectivity index (χ4n) is 3.17. The van der Waals surface area contributed by atoms with Crippen molar-refractivity contribution in [1.82, 2.24) is 15.5 Å². The van der Waals surface area contributed by atoms with E-state index in [1.807, 2.05) is 24.3 Å². The summed E-state index contributed by atoms with van der Waals surface area (Å²) in [6.07, 6.45) is 2.20. The van der Waals surface area contributed by atoms with Crippen molar-refractivity contribution in [2.75, 3.05) is 46.5 Å². The fraction of sp³-hybridized carbons (Fsp3) is 0.632. The first kappa shape index (κ1) is 21.0. The molecule has 0 aliphatic carbocycles. The molecule has 0 unspecified atom stereocenters. The van der Waals surface area contributed by atoms with Crippen LogP contribution in [0.15, 0.2) is 24.3 Å². The Morgan fingerprint density at radius 2 is 2.12 bits per heavy atom. The number of benzene rings is 1. The Balaban J connectivity index is 0.00000243. The molecule has 6 nitrogen and oxygen atoms in total. The largest absolute Gasteiger partial charge is 0.492 e. The molecule has 26 heavy (non-hydrogen) atoms. The molecule has 0 aromatic heterocycles. The van der Waals surface area contributed by atoms with E-state index in [1.54, 1.807) is 0 Å². The van der Waals surface area contributed by atoms with E-state index >= 15 is 0 Å². The number of carbonyl (C=O) groups excluding carboxylic acids is 1. The van der Waals surface area contributed by atoms with Crippen LogP contribution in [-0.2, 0) is 16.1 Å². The first-order chi connectivity index (χ1) is 12.2. The monoisotopic (exact) mass is 383 g/mol. The molecule has 1 aromatic rings. The highest BCUT2D eigenvalue weighted by Gasteiger charge is 2.24. The Morgan fingerprint density at radius 1 is 1.35 bits per heavy atom. The van der Waals surface area contributed by atoms with Gasteiger partial charge in [-0.1, -0.05) is 12.1 Å². The van der Waals surface area contributed by atoms with Gasteiger partial charge in [0.05, 0.1) is 5.92 Å². The summed E-state index contributed by atoms with van der Waals surface area (Å²) < 4.78 is 11.3. The summed E-state index contributed by atoms with van der Waals surface area (Å²) in [4.78, 5) is 14.2. The fourth-order valence-corrected chi connectivity index (χ4v) is 3.17. The lowest BCUT2D eigenvalue weighted by atomic mass is 10.0. The highest BCUT2D eigenvalue weighted by atomic mass is 35.5. The van der Waals surface area contributed by atoms with Crippen molar-refractivity contribution < 1.29 is 14.3 Å². The van der Waals surface area contributed by atoms with Gasteiger partial charge in [-0.25, -0.2) is 0 Å². The molecule has 2 fully saturated rings. The topological polar surface area (TPSA) is 62.8 Å². The predicted molar refractivity (Wildman–Crippen MR) is 104 cm³/mol. The minimum atomic E-state index is 0. The van der Waals surface area contributed by atoms with Crippen molar-refractivity contribution in [3.63, 3.8) is 0 Å². The number of hydrogen-bond donors (Lipinski definition) is 2. The molecule has 146 valence electrons. The third-order valence-corrected chi connectivity index (χ3v) is 5.04. The number of halogens is 1. The van der Waals surface area contributed by atoms with E-state index in [0.717, 1.165) is 57.0 Å². The van der Waals surface area contributed by atoms with Gasteiger partial charge in [0, 0.05) is 45.4 Å². The van der Waals surface area contributed by atoms with Gasteiger partial charge in [-0.3, -0.25) is 9.69 Å². The SMILES string of the molecule is CN(CCOc1cccc(CNC(=O)C2CNC2)c1)C1CCOCC1.Cl. The van der Waals surface area contributed by atoms with Crippen LogP contribution in [0.25, 0.3) is 0 Å². The highest BCUT2D eigenvalue weighted by molar-refractivity contribution is 5.85. The first-order valence-electron chi connectivity index (χ1n) is 9.20. The summed E-state index contributed by atoms with van der Waals surface area (Å²) in [5.41, 5.74) is 1.07. The van der Waals surface area contributed by atoms with Crippen molar-refractivity contribution in [3.05, 3.63) is 29.8 Å². The van der Waals surface area contributed by atoms with E-state index in [2.05, 4.69) is 22.6 Å². The van der Waals surface area contributed by atoms with Gasteiger partial charge in [-0.05, 0) is 37.6 Å². The number of ether oxygens (including phenoxy) is 2. The van der Waals surface area contributed by atoms with Crippen molar-refractivity contribution in [2.24, 2.45) is 5.92 Å². The standard InChI is InChI=1S/C19H29N3O3.ClH/c1-22(17-5-8-24-9-6-17)7-10-25-18-4-2-3-15(11-18)12-21-19(23)16-13-20-14-16;/h2-4,11,16-17,20H,5-10,12-14H2,1H3,(H,21,23);1H. The molecule has 2 heterocycles. The molecule has 1 aromatic carbocycles. The minimum Gasteiger partial charge on any atom is -0.492 e. The molecule has 0 radical (unpaired) electrons. The third-order valence-electron chi connectivity index (χ3n) is 5.04. The molecular formula is C19H30ClN3O3. The number of nitrogens with zero attached hydrogens (tertiary/aromatic N) is 1. The summed E-state index contributed by atoms with van der Waals surface area (Å²) in [5, 5.41) is 6.10. The molecule has 2 aliphatic rings. The second-order valence-electron chi connectivity index (χ2n) is 6.89. The predicted octanol–water partition coefficient (Wildman–Crippen LogP) is 1.43. The third kappa shape index (κ3) is 6.13. The maximum absolute atomic E-state index is 11.9. The van der Waals surface area contributed by atoms with Gasteiger partial charge >= 0.3 is 0 Å². The van der Waals surface area contributed by atoms with Crippen LogP contribution in [-0.4, -0.2) is 63.4 Å². The number of carbonyl (C=O) groups is 1. The summed E-state index contributed by atoms with van der Waals surface area (Å²) >= 11 is 0. The van der Waals surface area contributed by atoms with Gasteiger partial charge in [0.15, 0.2) is 0 Å². The van der Waals surface area contributed by atoms with Gasteiger partial charge in [0.1, 0.15) is 12.4 Å². The lowest BCUT2D eigenvalue weighted by Gasteiger charge is -2.31. The van der Waals surface area contributed by atoms with E-state index in [-0.39, 0.29) is 24.2 Å². The molecule has 1 amide bonds. The van der Waals surface area contributed by atoms with E-state index < -0.39 is 0 Å². The van der Waals surface area contributed by atoms with Crippen molar-refractivity contribution >= 4 is 18.3 Å². The van der Waals surface area contributed by atoms with Crippen molar-refractivity contribution in [3.8, 4) is 5.75 Å². The summed E-state index contributed by atoms with van der Waals surface area (Å²) in [5.74, 6) is 1.11. The number of nitrogens with one attached hydrogen (secondary N) is 2. The van der Waals surface area contributed by atoms with Gasteiger partial charge < -0.3 is 20.1 Å². The van der Waals surface area contributed by atoms with Crippen molar-refractivity contribution in [1.29, 1.82) is 0 Å². The van der Waals surface area contributed by atoms with E-state index in [4.69, 9.17) is 9.47 Å². The Hall–Kier alpha value is -1.34. The number of hydrogen-bond acceptors (Lipinski definition) is 5. The summed E-state index contributed by atoms with van der Waals surface area (Å²) in [6, 6.07) is 8.56. The lowest BCUT2D eigenvalue weighted by Crippen LogP contribution is -2.50. The first-order valence-corrected chi connectivity index (χ1v) is 9.20. The smallest absolute Gasteiger partial charge is 0.225 e. The van der Waals surface area contributed by atoms with Crippen LogP contribution in [0.1, 0.15) is 18.4 Å². The van der Waals surface area contributed by atoms with E-state index in [9.17, 15) is 4.79 Å². The van der Waals surface area contributed by atoms with E-state index in [0.29, 0.717) is 19.2 Å². The number of likely N-dealkylation sites (N-methyl/N-ethyl adjacent to an activating group) is 1. The molecule has 0 bridgehead atoms. The highest BCUT2D eigenvalue weighted by Crippen LogP contribution is 2.15. The van der Waals surface area contributed by atoms with Gasteiger partial charge in [-0.15, -0.1) is 12.4 Å². The van der Waals surface area contributed by atoms with Crippen LogP contribution in [0.3, 0.4) is 0 Å². The molecule has 3 rings (SSSR count). The zero-order chi connectivity index (χ0) is 17.5. The summed E-state index contributed by atoms with van der Waals surface area (Å²) in [6.45, 7) is 5.42. The Labute approximate surface area is 162 Å². The molecule has 2 aliphatic heterocycles. The maximum Gasteiger partial charge on any atom is 0.225 e. The maximum atomic E-state index is 11.9. The van der Waals surface area contributed by atoms with Crippen LogP contribution in [0.2, 0.25) is 0 Å². The molecule has 7 heteroatoms. The molecule has 2 saturated heterocycles. The van der Waals surface area contributed by atoms with Gasteiger partial charge in [0.25, 0.3) is 0 Å². The second-order valence-corrected chi connectivity index (χ2v) is 6.89. The quantitative estimate of drug-likeness (QED) is 0.711. The average Bonchev–Trinajstić information content (AvgIpc) is 2.59. The van der Waals surface area contributed by atoms with Crippen LogP contribution in [0.4, 0.5) is 0 Å². The number of rotatable bonds is 8. The minimum absolute atomic E-state index is 0. The van der Waals surface area contributed by atoms with Crippen LogP contribution in [0.5, 0.6) is 5.75 Å². The molecule has 2 N–H and O–H groups in total. The zero-order valence-electron chi connectivity index (χ0n) is 15.4. The molecule has 0 saturated carbocycles. The normalized spacial score (nSPS) is 18.1. The number of amides is 1. The van der Waals surface area contributed by atoms with Crippen molar-refractivity contribution in [2.45, 2.75) is 25.4 Å². The second kappa shape index (κ2) is 10.7. The van der Waals surface area contributed by atoms with Gasteiger partial charge in [0.2, 0.25) is 5.91 Å².